The largest absolute Gasteiger partial charge is 0.336 e. The van der Waals surface area contributed by atoms with E-state index in [2.05, 4.69) is 4.90 Å². The van der Waals surface area contributed by atoms with Crippen molar-refractivity contribution in [2.45, 2.75) is 6.92 Å². The van der Waals surface area contributed by atoms with E-state index in [0.29, 0.717) is 6.54 Å². The summed E-state index contributed by atoms with van der Waals surface area (Å²) >= 11 is 0. The van der Waals surface area contributed by atoms with Gasteiger partial charge in [0.05, 0.1) is 0 Å². The number of piperazine rings is 1. The number of aryl methyl sites for hydroxylation is 1. The molecule has 1 saturated heterocycles. The number of amides is 1. The Morgan fingerprint density at radius 3 is 2.61 bits per heavy atom. The maximum Gasteiger partial charge on any atom is 0.253 e. The molecule has 1 fully saturated rings. The molecule has 98 valence electrons. The molecule has 0 aromatic heterocycles. The molecule has 0 unspecified atom stereocenters. The lowest BCUT2D eigenvalue weighted by atomic mass is 10.1. The van der Waals surface area contributed by atoms with Gasteiger partial charge >= 0.3 is 0 Å². The van der Waals surface area contributed by atoms with Crippen molar-refractivity contribution in [3.05, 3.63) is 35.4 Å². The van der Waals surface area contributed by atoms with Crippen LogP contribution in [0.15, 0.2) is 24.3 Å². The van der Waals surface area contributed by atoms with Crippen LogP contribution in [0.25, 0.3) is 0 Å². The van der Waals surface area contributed by atoms with Crippen LogP contribution in [-0.2, 0) is 0 Å². The summed E-state index contributed by atoms with van der Waals surface area (Å²) in [6.45, 7) is 7.07. The molecule has 1 aliphatic rings. The summed E-state index contributed by atoms with van der Waals surface area (Å²) in [7, 11) is 0. The lowest BCUT2D eigenvalue weighted by Gasteiger charge is -2.34. The van der Waals surface area contributed by atoms with Gasteiger partial charge in [0.15, 0.2) is 0 Å². The molecular formula is C14H21N3O. The van der Waals surface area contributed by atoms with E-state index in [9.17, 15) is 4.79 Å². The van der Waals surface area contributed by atoms with Crippen molar-refractivity contribution >= 4 is 5.91 Å². The van der Waals surface area contributed by atoms with Crippen LogP contribution in [-0.4, -0.2) is 55.0 Å². The first-order valence-electron chi connectivity index (χ1n) is 6.49. The zero-order valence-electron chi connectivity index (χ0n) is 10.9. The third-order valence-electron chi connectivity index (χ3n) is 3.37. The van der Waals surface area contributed by atoms with Crippen LogP contribution < -0.4 is 5.73 Å². The van der Waals surface area contributed by atoms with Crippen molar-refractivity contribution in [1.29, 1.82) is 0 Å². The maximum atomic E-state index is 12.3. The lowest BCUT2D eigenvalue weighted by Crippen LogP contribution is -2.49. The fraction of sp³-hybridized carbons (Fsp3) is 0.500. The molecule has 0 bridgehead atoms. The zero-order chi connectivity index (χ0) is 13.0. The van der Waals surface area contributed by atoms with Crippen LogP contribution in [0.4, 0.5) is 0 Å². The first kappa shape index (κ1) is 13.1. The van der Waals surface area contributed by atoms with Crippen molar-refractivity contribution in [1.82, 2.24) is 9.80 Å². The number of carbonyl (C=O) groups excluding carboxylic acids is 1. The molecule has 0 spiro atoms. The van der Waals surface area contributed by atoms with E-state index in [0.717, 1.165) is 43.9 Å². The highest BCUT2D eigenvalue weighted by molar-refractivity contribution is 5.94. The second-order valence-electron chi connectivity index (χ2n) is 4.79. The van der Waals surface area contributed by atoms with E-state index in [4.69, 9.17) is 5.73 Å². The minimum absolute atomic E-state index is 0.145. The summed E-state index contributed by atoms with van der Waals surface area (Å²) in [6.07, 6.45) is 0. The maximum absolute atomic E-state index is 12.3. The summed E-state index contributed by atoms with van der Waals surface area (Å²) in [6, 6.07) is 7.79. The number of nitrogens with two attached hydrogens (primary N) is 1. The van der Waals surface area contributed by atoms with Gasteiger partial charge in [-0.25, -0.2) is 0 Å². The lowest BCUT2D eigenvalue weighted by molar-refractivity contribution is 0.0641. The third-order valence-corrected chi connectivity index (χ3v) is 3.37. The highest BCUT2D eigenvalue weighted by Crippen LogP contribution is 2.10. The summed E-state index contributed by atoms with van der Waals surface area (Å²) in [5, 5.41) is 0. The van der Waals surface area contributed by atoms with Gasteiger partial charge in [0, 0.05) is 44.8 Å². The van der Waals surface area contributed by atoms with Crippen LogP contribution >= 0.6 is 0 Å². The summed E-state index contributed by atoms with van der Waals surface area (Å²) < 4.78 is 0. The fourth-order valence-electron chi connectivity index (χ4n) is 2.32. The van der Waals surface area contributed by atoms with E-state index in [1.807, 2.05) is 36.1 Å². The Bertz CT molecular complexity index is 411. The Hall–Kier alpha value is -1.39. The topological polar surface area (TPSA) is 49.6 Å². The van der Waals surface area contributed by atoms with Gasteiger partial charge in [0.1, 0.15) is 0 Å². The van der Waals surface area contributed by atoms with Gasteiger partial charge in [-0.05, 0) is 19.1 Å². The highest BCUT2D eigenvalue weighted by atomic mass is 16.2. The molecule has 1 aliphatic heterocycles. The van der Waals surface area contributed by atoms with Gasteiger partial charge < -0.3 is 10.6 Å². The van der Waals surface area contributed by atoms with Crippen molar-refractivity contribution in [3.63, 3.8) is 0 Å². The Labute approximate surface area is 108 Å². The SMILES string of the molecule is Cc1cccc(C(=O)N2CCN(CCN)CC2)c1. The van der Waals surface area contributed by atoms with Crippen LogP contribution in [0.5, 0.6) is 0 Å². The quantitative estimate of drug-likeness (QED) is 0.856. The van der Waals surface area contributed by atoms with Gasteiger partial charge in [0.25, 0.3) is 5.91 Å². The van der Waals surface area contributed by atoms with Crippen molar-refractivity contribution in [2.24, 2.45) is 5.73 Å². The molecule has 1 heterocycles. The third kappa shape index (κ3) is 3.09. The van der Waals surface area contributed by atoms with Crippen LogP contribution in [0.1, 0.15) is 15.9 Å². The number of nitrogens with zero attached hydrogens (tertiary/aromatic N) is 2. The first-order chi connectivity index (χ1) is 8.70. The van der Waals surface area contributed by atoms with Gasteiger partial charge in [-0.1, -0.05) is 17.7 Å². The molecule has 18 heavy (non-hydrogen) atoms. The number of rotatable bonds is 3. The normalized spacial score (nSPS) is 16.9. The van der Waals surface area contributed by atoms with E-state index in [1.54, 1.807) is 0 Å². The predicted octanol–water partition coefficient (Wildman–Crippen LogP) is 0.712. The molecule has 1 aromatic carbocycles. The Morgan fingerprint density at radius 1 is 1.28 bits per heavy atom. The predicted molar refractivity (Wildman–Crippen MR) is 72.6 cm³/mol. The highest BCUT2D eigenvalue weighted by Gasteiger charge is 2.21. The number of hydrogen-bond acceptors (Lipinski definition) is 3. The first-order valence-corrected chi connectivity index (χ1v) is 6.49. The van der Waals surface area contributed by atoms with Crippen molar-refractivity contribution in [3.8, 4) is 0 Å². The van der Waals surface area contributed by atoms with E-state index < -0.39 is 0 Å². The van der Waals surface area contributed by atoms with Gasteiger partial charge in [-0.2, -0.15) is 0 Å². The van der Waals surface area contributed by atoms with Crippen LogP contribution in [0, 0.1) is 6.92 Å². The molecule has 0 atom stereocenters. The Kier molecular flexibility index (Phi) is 4.33. The molecule has 0 radical (unpaired) electrons. The molecule has 1 aromatic rings. The van der Waals surface area contributed by atoms with Crippen molar-refractivity contribution in [2.75, 3.05) is 39.3 Å². The van der Waals surface area contributed by atoms with Crippen LogP contribution in [0.2, 0.25) is 0 Å². The fourth-order valence-corrected chi connectivity index (χ4v) is 2.32. The number of hydrogen-bond donors (Lipinski definition) is 1. The van der Waals surface area contributed by atoms with E-state index in [1.165, 1.54) is 0 Å². The average Bonchev–Trinajstić information content (AvgIpc) is 2.39. The monoisotopic (exact) mass is 247 g/mol. The number of benzene rings is 1. The van der Waals surface area contributed by atoms with Crippen LogP contribution in [0.3, 0.4) is 0 Å². The van der Waals surface area contributed by atoms with E-state index in [-0.39, 0.29) is 5.91 Å². The molecule has 0 saturated carbocycles. The minimum Gasteiger partial charge on any atom is -0.336 e. The summed E-state index contributed by atoms with van der Waals surface area (Å²) in [4.78, 5) is 16.5. The van der Waals surface area contributed by atoms with Gasteiger partial charge in [-0.3, -0.25) is 9.69 Å². The van der Waals surface area contributed by atoms with Gasteiger partial charge in [-0.15, -0.1) is 0 Å². The molecule has 2 rings (SSSR count). The molecule has 2 N–H and O–H groups in total. The van der Waals surface area contributed by atoms with E-state index >= 15 is 0 Å². The second kappa shape index (κ2) is 5.98. The Balaban J connectivity index is 1.95. The summed E-state index contributed by atoms with van der Waals surface area (Å²) in [5.74, 6) is 0.145. The smallest absolute Gasteiger partial charge is 0.253 e. The Morgan fingerprint density at radius 2 is 2.00 bits per heavy atom. The standard InChI is InChI=1S/C14H21N3O/c1-12-3-2-4-13(11-12)14(18)17-9-7-16(6-5-15)8-10-17/h2-4,11H,5-10,15H2,1H3. The molecule has 0 aliphatic carbocycles. The van der Waals surface area contributed by atoms with Gasteiger partial charge in [0.2, 0.25) is 0 Å². The molecule has 4 heteroatoms. The number of carbonyl (C=O) groups is 1. The minimum atomic E-state index is 0.145. The van der Waals surface area contributed by atoms with Crippen molar-refractivity contribution < 1.29 is 4.79 Å². The second-order valence-corrected chi connectivity index (χ2v) is 4.79. The average molecular weight is 247 g/mol. The zero-order valence-corrected chi connectivity index (χ0v) is 10.9. The molecule has 1 amide bonds. The summed E-state index contributed by atoms with van der Waals surface area (Å²) in [5.41, 5.74) is 7.46. The molecular weight excluding hydrogens is 226 g/mol. The molecule has 4 nitrogen and oxygen atoms in total.